The van der Waals surface area contributed by atoms with Gasteiger partial charge in [-0.05, 0) is 6.42 Å². The minimum Gasteiger partial charge on any atom is -0.444 e. The van der Waals surface area contributed by atoms with Gasteiger partial charge in [0.05, 0.1) is 18.6 Å². The quantitative estimate of drug-likeness (QED) is 0.796. The lowest BCUT2D eigenvalue weighted by molar-refractivity contribution is 0.361. The molecule has 4 heteroatoms. The summed E-state index contributed by atoms with van der Waals surface area (Å²) in [6.45, 7) is 3.66. The molecule has 0 atom stereocenters. The second kappa shape index (κ2) is 3.82. The third-order valence-corrected chi connectivity index (χ3v) is 2.50. The van der Waals surface area contributed by atoms with Gasteiger partial charge >= 0.3 is 0 Å². The fraction of sp³-hybridized carbons (Fsp3) is 0.600. The van der Waals surface area contributed by atoms with Crippen LogP contribution in [0.25, 0.3) is 0 Å². The second-order valence-electron chi connectivity index (χ2n) is 3.55. The van der Waals surface area contributed by atoms with Crippen molar-refractivity contribution >= 4 is 5.84 Å². The Labute approximate surface area is 83.4 Å². The molecule has 0 aromatic carbocycles. The Balaban J connectivity index is 1.99. The molecule has 1 saturated heterocycles. The number of oxazole rings is 1. The van der Waals surface area contributed by atoms with E-state index in [2.05, 4.69) is 4.98 Å². The van der Waals surface area contributed by atoms with E-state index in [9.17, 15) is 0 Å². The van der Waals surface area contributed by atoms with Crippen LogP contribution in [0.4, 0.5) is 0 Å². The molecule has 1 aliphatic heterocycles. The maximum atomic E-state index is 7.66. The number of nitrogens with one attached hydrogen (secondary N) is 1. The van der Waals surface area contributed by atoms with Crippen LogP contribution < -0.4 is 0 Å². The smallest absolute Gasteiger partial charge is 0.213 e. The van der Waals surface area contributed by atoms with Crippen molar-refractivity contribution in [3.05, 3.63) is 17.8 Å². The fourth-order valence-corrected chi connectivity index (χ4v) is 1.65. The third-order valence-electron chi connectivity index (χ3n) is 2.50. The minimum atomic E-state index is 0.652. The second-order valence-corrected chi connectivity index (χ2v) is 3.55. The third kappa shape index (κ3) is 1.78. The Morgan fingerprint density at radius 2 is 2.50 bits per heavy atom. The summed E-state index contributed by atoms with van der Waals surface area (Å²) in [6, 6.07) is 0. The van der Waals surface area contributed by atoms with Gasteiger partial charge in [0, 0.05) is 19.4 Å². The average molecular weight is 193 g/mol. The standard InChI is InChI=1S/C10H15N3O/c1-2-8-6-12-10(14-8)7-13-5-3-4-9(13)11/h6,11H,2-5,7H2,1H3. The van der Waals surface area contributed by atoms with Gasteiger partial charge in [0.15, 0.2) is 0 Å². The van der Waals surface area contributed by atoms with Crippen LogP contribution in [-0.4, -0.2) is 22.3 Å². The zero-order valence-corrected chi connectivity index (χ0v) is 8.42. The van der Waals surface area contributed by atoms with Crippen molar-refractivity contribution in [1.82, 2.24) is 9.88 Å². The van der Waals surface area contributed by atoms with E-state index in [0.717, 1.165) is 37.5 Å². The van der Waals surface area contributed by atoms with Crippen LogP contribution in [0.2, 0.25) is 0 Å². The molecule has 0 spiro atoms. The van der Waals surface area contributed by atoms with Crippen LogP contribution in [0.1, 0.15) is 31.4 Å². The molecule has 76 valence electrons. The van der Waals surface area contributed by atoms with Crippen LogP contribution in [0.3, 0.4) is 0 Å². The summed E-state index contributed by atoms with van der Waals surface area (Å²) in [5.41, 5.74) is 0. The number of likely N-dealkylation sites (tertiary alicyclic amines) is 1. The molecule has 0 aliphatic carbocycles. The normalized spacial score (nSPS) is 16.6. The summed E-state index contributed by atoms with van der Waals surface area (Å²) in [6.07, 6.45) is 4.63. The molecule has 0 amide bonds. The number of amidine groups is 1. The first kappa shape index (κ1) is 9.24. The van der Waals surface area contributed by atoms with E-state index in [0.29, 0.717) is 12.4 Å². The lowest BCUT2D eigenvalue weighted by atomic mass is 10.4. The Bertz CT molecular complexity index is 332. The Morgan fingerprint density at radius 1 is 1.64 bits per heavy atom. The number of hydrogen-bond acceptors (Lipinski definition) is 3. The zero-order chi connectivity index (χ0) is 9.97. The van der Waals surface area contributed by atoms with Crippen LogP contribution in [-0.2, 0) is 13.0 Å². The topological polar surface area (TPSA) is 53.1 Å². The first-order valence-corrected chi connectivity index (χ1v) is 5.05. The molecule has 1 aromatic heterocycles. The van der Waals surface area contributed by atoms with Crippen molar-refractivity contribution in [1.29, 1.82) is 5.41 Å². The first-order chi connectivity index (χ1) is 6.79. The highest BCUT2D eigenvalue weighted by molar-refractivity contribution is 5.80. The molecule has 1 aliphatic rings. The van der Waals surface area contributed by atoms with Crippen LogP contribution in [0, 0.1) is 5.41 Å². The summed E-state index contributed by atoms with van der Waals surface area (Å²) in [5.74, 6) is 2.36. The van der Waals surface area contributed by atoms with Crippen molar-refractivity contribution in [2.45, 2.75) is 32.7 Å². The molecular formula is C10H15N3O. The largest absolute Gasteiger partial charge is 0.444 e. The Hall–Kier alpha value is -1.32. The molecule has 0 saturated carbocycles. The Kier molecular flexibility index (Phi) is 2.52. The van der Waals surface area contributed by atoms with Gasteiger partial charge in [0.25, 0.3) is 0 Å². The van der Waals surface area contributed by atoms with Crippen LogP contribution in [0.5, 0.6) is 0 Å². The van der Waals surface area contributed by atoms with Gasteiger partial charge in [-0.15, -0.1) is 0 Å². The summed E-state index contributed by atoms with van der Waals surface area (Å²) in [4.78, 5) is 6.20. The molecule has 1 N–H and O–H groups in total. The predicted octanol–water partition coefficient (Wildman–Crippen LogP) is 1.81. The van der Waals surface area contributed by atoms with Crippen molar-refractivity contribution in [2.75, 3.05) is 6.54 Å². The summed E-state index contributed by atoms with van der Waals surface area (Å²) >= 11 is 0. The molecule has 14 heavy (non-hydrogen) atoms. The molecular weight excluding hydrogens is 178 g/mol. The van der Waals surface area contributed by atoms with E-state index in [1.807, 2.05) is 11.8 Å². The molecule has 0 unspecified atom stereocenters. The van der Waals surface area contributed by atoms with Gasteiger partial charge in [-0.3, -0.25) is 5.41 Å². The van der Waals surface area contributed by atoms with Gasteiger partial charge < -0.3 is 9.32 Å². The first-order valence-electron chi connectivity index (χ1n) is 5.05. The van der Waals surface area contributed by atoms with Gasteiger partial charge in [0.2, 0.25) is 5.89 Å². The van der Waals surface area contributed by atoms with Gasteiger partial charge in [-0.2, -0.15) is 0 Å². The van der Waals surface area contributed by atoms with E-state index in [-0.39, 0.29) is 0 Å². The highest BCUT2D eigenvalue weighted by atomic mass is 16.4. The van der Waals surface area contributed by atoms with Crippen molar-refractivity contribution in [3.63, 3.8) is 0 Å². The summed E-state index contributed by atoms with van der Waals surface area (Å²) in [5, 5.41) is 7.66. The number of rotatable bonds is 3. The van der Waals surface area contributed by atoms with Gasteiger partial charge in [0.1, 0.15) is 5.76 Å². The number of aryl methyl sites for hydroxylation is 1. The van der Waals surface area contributed by atoms with Gasteiger partial charge in [-0.25, -0.2) is 4.98 Å². The number of aromatic nitrogens is 1. The minimum absolute atomic E-state index is 0.652. The van der Waals surface area contributed by atoms with Crippen LogP contribution >= 0.6 is 0 Å². The highest BCUT2D eigenvalue weighted by Gasteiger charge is 2.18. The molecule has 0 bridgehead atoms. The molecule has 0 radical (unpaired) electrons. The van der Waals surface area contributed by atoms with E-state index in [4.69, 9.17) is 9.83 Å². The zero-order valence-electron chi connectivity index (χ0n) is 8.42. The van der Waals surface area contributed by atoms with Crippen molar-refractivity contribution < 1.29 is 4.42 Å². The summed E-state index contributed by atoms with van der Waals surface area (Å²) < 4.78 is 5.49. The van der Waals surface area contributed by atoms with E-state index >= 15 is 0 Å². The molecule has 1 aromatic rings. The Morgan fingerprint density at radius 3 is 3.07 bits per heavy atom. The lowest BCUT2D eigenvalue weighted by Gasteiger charge is -2.14. The maximum Gasteiger partial charge on any atom is 0.213 e. The maximum absolute atomic E-state index is 7.66. The molecule has 4 nitrogen and oxygen atoms in total. The predicted molar refractivity (Wildman–Crippen MR) is 53.3 cm³/mol. The lowest BCUT2D eigenvalue weighted by Crippen LogP contribution is -2.23. The average Bonchev–Trinajstić information content (AvgIpc) is 2.77. The monoisotopic (exact) mass is 193 g/mol. The van der Waals surface area contributed by atoms with Crippen molar-refractivity contribution in [2.24, 2.45) is 0 Å². The number of hydrogen-bond donors (Lipinski definition) is 1. The SMILES string of the molecule is CCc1cnc(CN2CCCC2=N)o1. The van der Waals surface area contributed by atoms with Crippen molar-refractivity contribution in [3.8, 4) is 0 Å². The summed E-state index contributed by atoms with van der Waals surface area (Å²) in [7, 11) is 0. The van der Waals surface area contributed by atoms with Crippen LogP contribution in [0.15, 0.2) is 10.6 Å². The number of nitrogens with zero attached hydrogens (tertiary/aromatic N) is 2. The fourth-order valence-electron chi connectivity index (χ4n) is 1.65. The highest BCUT2D eigenvalue weighted by Crippen LogP contribution is 2.14. The molecule has 2 rings (SSSR count). The van der Waals surface area contributed by atoms with E-state index in [1.165, 1.54) is 0 Å². The van der Waals surface area contributed by atoms with E-state index < -0.39 is 0 Å². The van der Waals surface area contributed by atoms with E-state index in [1.54, 1.807) is 6.20 Å². The van der Waals surface area contributed by atoms with Gasteiger partial charge in [-0.1, -0.05) is 6.92 Å². The molecule has 1 fully saturated rings. The molecule has 2 heterocycles.